The molecule has 1 amide bonds. The summed E-state index contributed by atoms with van der Waals surface area (Å²) in [7, 11) is -3.10. The first-order valence-corrected chi connectivity index (χ1v) is 10.3. The molecule has 22 heavy (non-hydrogen) atoms. The molecule has 0 aromatic heterocycles. The highest BCUT2D eigenvalue weighted by atomic mass is 127. The first-order valence-electron chi connectivity index (χ1n) is 6.96. The Morgan fingerprint density at radius 3 is 2.59 bits per heavy atom. The molecule has 8 heteroatoms. The van der Waals surface area contributed by atoms with Gasteiger partial charge in [0.25, 0.3) is 5.91 Å². The Morgan fingerprint density at radius 1 is 1.41 bits per heavy atom. The molecule has 5 nitrogen and oxygen atoms in total. The van der Waals surface area contributed by atoms with Gasteiger partial charge < -0.3 is 5.32 Å². The van der Waals surface area contributed by atoms with Crippen molar-refractivity contribution in [3.63, 3.8) is 0 Å². The Balaban J connectivity index is 1.85. The van der Waals surface area contributed by atoms with Gasteiger partial charge in [-0.1, -0.05) is 11.6 Å². The van der Waals surface area contributed by atoms with Gasteiger partial charge in [0, 0.05) is 28.2 Å². The molecule has 0 spiro atoms. The lowest BCUT2D eigenvalue weighted by atomic mass is 9.98. The molecule has 122 valence electrons. The molecular formula is C14H18ClIN2O3S. The monoisotopic (exact) mass is 456 g/mol. The number of sulfonamides is 1. The maximum absolute atomic E-state index is 12.2. The van der Waals surface area contributed by atoms with E-state index in [4.69, 9.17) is 11.6 Å². The molecule has 1 aliphatic heterocycles. The Bertz CT molecular complexity index is 658. The van der Waals surface area contributed by atoms with E-state index in [1.807, 2.05) is 0 Å². The maximum Gasteiger partial charge on any atom is 0.252 e. The number of halogens is 2. The number of carbonyl (C=O) groups excluding carboxylic acids is 1. The first kappa shape index (κ1) is 18.0. The predicted molar refractivity (Wildman–Crippen MR) is 95.6 cm³/mol. The van der Waals surface area contributed by atoms with Crippen molar-refractivity contribution in [2.75, 3.05) is 25.9 Å². The van der Waals surface area contributed by atoms with E-state index >= 15 is 0 Å². The van der Waals surface area contributed by atoms with Crippen LogP contribution < -0.4 is 5.32 Å². The minimum absolute atomic E-state index is 0.119. The minimum atomic E-state index is -3.10. The second-order valence-electron chi connectivity index (χ2n) is 5.44. The largest absolute Gasteiger partial charge is 0.352 e. The second-order valence-corrected chi connectivity index (χ2v) is 9.02. The van der Waals surface area contributed by atoms with Crippen LogP contribution in [-0.4, -0.2) is 44.5 Å². The second kappa shape index (κ2) is 7.46. The summed E-state index contributed by atoms with van der Waals surface area (Å²) in [5.74, 6) is 0.193. The van der Waals surface area contributed by atoms with Crippen molar-refractivity contribution >= 4 is 50.1 Å². The zero-order chi connectivity index (χ0) is 16.3. The lowest BCUT2D eigenvalue weighted by Crippen LogP contribution is -2.41. The fourth-order valence-corrected chi connectivity index (χ4v) is 4.44. The van der Waals surface area contributed by atoms with Gasteiger partial charge >= 0.3 is 0 Å². The maximum atomic E-state index is 12.2. The Kier molecular flexibility index (Phi) is 6.09. The number of carbonyl (C=O) groups is 1. The lowest BCUT2D eigenvalue weighted by Gasteiger charge is -2.30. The van der Waals surface area contributed by atoms with Crippen LogP contribution in [0.3, 0.4) is 0 Å². The van der Waals surface area contributed by atoms with E-state index in [9.17, 15) is 13.2 Å². The molecule has 1 saturated heterocycles. The summed E-state index contributed by atoms with van der Waals surface area (Å²) in [6.07, 6.45) is 2.77. The molecule has 0 saturated carbocycles. The van der Waals surface area contributed by atoms with Crippen molar-refractivity contribution < 1.29 is 13.2 Å². The molecule has 0 aliphatic carbocycles. The summed E-state index contributed by atoms with van der Waals surface area (Å²) in [5, 5.41) is 3.53. The molecule has 1 aromatic carbocycles. The fraction of sp³-hybridized carbons (Fsp3) is 0.500. The van der Waals surface area contributed by atoms with Crippen LogP contribution >= 0.6 is 34.2 Å². The smallest absolute Gasteiger partial charge is 0.252 e. The topological polar surface area (TPSA) is 66.5 Å². The van der Waals surface area contributed by atoms with E-state index in [2.05, 4.69) is 27.9 Å². The van der Waals surface area contributed by atoms with Crippen molar-refractivity contribution in [2.45, 2.75) is 12.8 Å². The van der Waals surface area contributed by atoms with Gasteiger partial charge in [0.1, 0.15) is 0 Å². The van der Waals surface area contributed by atoms with Crippen molar-refractivity contribution in [1.82, 2.24) is 9.62 Å². The highest BCUT2D eigenvalue weighted by molar-refractivity contribution is 14.1. The molecular weight excluding hydrogens is 439 g/mol. The number of hydrogen-bond acceptors (Lipinski definition) is 3. The predicted octanol–water partition coefficient (Wildman–Crippen LogP) is 2.35. The Hall–Kier alpha value is -0.380. The summed E-state index contributed by atoms with van der Waals surface area (Å²) >= 11 is 7.97. The van der Waals surface area contributed by atoms with Crippen LogP contribution in [-0.2, 0) is 10.0 Å². The zero-order valence-corrected chi connectivity index (χ0v) is 15.9. The van der Waals surface area contributed by atoms with Gasteiger partial charge in [0.2, 0.25) is 10.0 Å². The average Bonchev–Trinajstić information content (AvgIpc) is 2.44. The summed E-state index contributed by atoms with van der Waals surface area (Å²) in [4.78, 5) is 12.2. The number of nitrogens with one attached hydrogen (secondary N) is 1. The van der Waals surface area contributed by atoms with Crippen molar-refractivity contribution in [3.05, 3.63) is 32.4 Å². The van der Waals surface area contributed by atoms with Crippen LogP contribution in [0.15, 0.2) is 18.2 Å². The third-order valence-corrected chi connectivity index (χ3v) is 6.20. The van der Waals surface area contributed by atoms with Crippen LogP contribution in [0.5, 0.6) is 0 Å². The zero-order valence-electron chi connectivity index (χ0n) is 12.2. The molecule has 1 aliphatic rings. The SMILES string of the molecule is CS(=O)(=O)N1CCC(CNC(=O)c2ccc(Cl)cc2I)CC1. The van der Waals surface area contributed by atoms with Crippen molar-refractivity contribution in [2.24, 2.45) is 5.92 Å². The van der Waals surface area contributed by atoms with E-state index < -0.39 is 10.0 Å². The minimum Gasteiger partial charge on any atom is -0.352 e. The van der Waals surface area contributed by atoms with Crippen molar-refractivity contribution in [3.8, 4) is 0 Å². The molecule has 0 radical (unpaired) electrons. The van der Waals surface area contributed by atoms with E-state index in [0.717, 1.165) is 16.4 Å². The molecule has 2 rings (SSSR count). The number of benzene rings is 1. The molecule has 1 fully saturated rings. The third-order valence-electron chi connectivity index (χ3n) is 3.77. The quantitative estimate of drug-likeness (QED) is 0.707. The van der Waals surface area contributed by atoms with Crippen LogP contribution in [0.25, 0.3) is 0 Å². The summed E-state index contributed by atoms with van der Waals surface area (Å²) in [6, 6.07) is 5.16. The number of nitrogens with zero attached hydrogens (tertiary/aromatic N) is 1. The van der Waals surface area contributed by atoms with E-state index in [0.29, 0.717) is 36.1 Å². The summed E-state index contributed by atoms with van der Waals surface area (Å²) < 4.78 is 25.2. The van der Waals surface area contributed by atoms with Gasteiger partial charge in [-0.3, -0.25) is 4.79 Å². The van der Waals surface area contributed by atoms with Gasteiger partial charge in [-0.2, -0.15) is 0 Å². The first-order chi connectivity index (χ1) is 10.3. The van der Waals surface area contributed by atoms with Gasteiger partial charge in [-0.25, -0.2) is 12.7 Å². The highest BCUT2D eigenvalue weighted by Crippen LogP contribution is 2.20. The number of hydrogen-bond donors (Lipinski definition) is 1. The van der Waals surface area contributed by atoms with Gasteiger partial charge in [-0.05, 0) is 59.5 Å². The normalized spacial score (nSPS) is 17.4. The molecule has 1 heterocycles. The standard InChI is InChI=1S/C14H18ClIN2O3S/c1-22(20,21)18-6-4-10(5-7-18)9-17-14(19)12-3-2-11(15)8-13(12)16/h2-3,8,10H,4-7,9H2,1H3,(H,17,19). The third kappa shape index (κ3) is 4.81. The number of piperidine rings is 1. The Morgan fingerprint density at radius 2 is 2.05 bits per heavy atom. The van der Waals surface area contributed by atoms with E-state index in [1.165, 1.54) is 10.6 Å². The molecule has 0 bridgehead atoms. The van der Waals surface area contributed by atoms with Crippen molar-refractivity contribution in [1.29, 1.82) is 0 Å². The molecule has 1 N–H and O–H groups in total. The number of rotatable bonds is 4. The van der Waals surface area contributed by atoms with E-state index in [-0.39, 0.29) is 5.91 Å². The number of amides is 1. The fourth-order valence-electron chi connectivity index (χ4n) is 2.45. The molecule has 1 aromatic rings. The van der Waals surface area contributed by atoms with E-state index in [1.54, 1.807) is 18.2 Å². The Labute approximate surface area is 149 Å². The van der Waals surface area contributed by atoms with Gasteiger partial charge in [-0.15, -0.1) is 0 Å². The lowest BCUT2D eigenvalue weighted by molar-refractivity contribution is 0.0940. The summed E-state index contributed by atoms with van der Waals surface area (Å²) in [6.45, 7) is 1.62. The van der Waals surface area contributed by atoms with Gasteiger partial charge in [0.15, 0.2) is 0 Å². The highest BCUT2D eigenvalue weighted by Gasteiger charge is 2.25. The van der Waals surface area contributed by atoms with Crippen LogP contribution in [0.4, 0.5) is 0 Å². The summed E-state index contributed by atoms with van der Waals surface area (Å²) in [5.41, 5.74) is 0.610. The van der Waals surface area contributed by atoms with Gasteiger partial charge in [0.05, 0.1) is 11.8 Å². The van der Waals surface area contributed by atoms with Crippen LogP contribution in [0, 0.1) is 9.49 Å². The molecule has 0 unspecified atom stereocenters. The van der Waals surface area contributed by atoms with Crippen LogP contribution in [0.2, 0.25) is 5.02 Å². The van der Waals surface area contributed by atoms with Crippen LogP contribution in [0.1, 0.15) is 23.2 Å². The average molecular weight is 457 g/mol. The molecule has 0 atom stereocenters.